The molecule has 3 amide bonds. The van der Waals surface area contributed by atoms with Crippen LogP contribution < -0.4 is 21.2 Å². The van der Waals surface area contributed by atoms with Crippen LogP contribution in [0.4, 0.5) is 5.69 Å². The molecule has 0 aromatic heterocycles. The number of rotatable bonds is 6. The number of nitrogens with two attached hydrogens (primary N) is 1. The molecule has 0 aliphatic heterocycles. The van der Waals surface area contributed by atoms with Crippen LogP contribution in [-0.2, 0) is 9.59 Å². The minimum absolute atomic E-state index is 0.234. The SMILES string of the molecule is C/C(=N\NC(=O)C(=O)Nc1ccc(C(N)=O)cc1)c1ccccc1OC(=O)c1ccccc1Br. The molecule has 0 heterocycles. The van der Waals surface area contributed by atoms with E-state index in [-0.39, 0.29) is 11.3 Å². The number of nitrogens with zero attached hydrogens (tertiary/aromatic N) is 1. The van der Waals surface area contributed by atoms with Gasteiger partial charge in [0.05, 0.1) is 11.3 Å². The second-order valence-corrected chi connectivity index (χ2v) is 7.75. The first-order valence-corrected chi connectivity index (χ1v) is 10.7. The third-order valence-electron chi connectivity index (χ3n) is 4.53. The van der Waals surface area contributed by atoms with Crippen molar-refractivity contribution in [3.8, 4) is 5.75 Å². The molecule has 0 saturated heterocycles. The summed E-state index contributed by atoms with van der Waals surface area (Å²) in [5.41, 5.74) is 9.01. The van der Waals surface area contributed by atoms with Gasteiger partial charge in [-0.05, 0) is 71.4 Å². The zero-order valence-electron chi connectivity index (χ0n) is 17.9. The van der Waals surface area contributed by atoms with Gasteiger partial charge in [0.2, 0.25) is 5.91 Å². The van der Waals surface area contributed by atoms with Gasteiger partial charge in [-0.1, -0.05) is 24.3 Å². The lowest BCUT2D eigenvalue weighted by Crippen LogP contribution is -2.33. The van der Waals surface area contributed by atoms with E-state index in [1.165, 1.54) is 24.3 Å². The van der Waals surface area contributed by atoms with Gasteiger partial charge in [0.1, 0.15) is 5.75 Å². The summed E-state index contributed by atoms with van der Waals surface area (Å²) in [6.07, 6.45) is 0. The van der Waals surface area contributed by atoms with E-state index in [1.54, 1.807) is 55.5 Å². The third-order valence-corrected chi connectivity index (χ3v) is 5.22. The van der Waals surface area contributed by atoms with Gasteiger partial charge < -0.3 is 15.8 Å². The number of para-hydroxylation sites is 1. The van der Waals surface area contributed by atoms with Crippen molar-refractivity contribution in [1.29, 1.82) is 0 Å². The number of hydrazone groups is 1. The van der Waals surface area contributed by atoms with Crippen molar-refractivity contribution in [2.75, 3.05) is 5.32 Å². The Kier molecular flexibility index (Phi) is 7.88. The molecule has 172 valence electrons. The number of anilines is 1. The van der Waals surface area contributed by atoms with E-state index in [4.69, 9.17) is 10.5 Å². The Morgan fingerprint density at radius 1 is 0.853 bits per heavy atom. The largest absolute Gasteiger partial charge is 0.422 e. The first-order valence-electron chi connectivity index (χ1n) is 9.88. The van der Waals surface area contributed by atoms with Gasteiger partial charge in [-0.15, -0.1) is 0 Å². The molecule has 0 unspecified atom stereocenters. The lowest BCUT2D eigenvalue weighted by atomic mass is 10.1. The van der Waals surface area contributed by atoms with Gasteiger partial charge in [-0.25, -0.2) is 10.2 Å². The van der Waals surface area contributed by atoms with Crippen LogP contribution in [0.5, 0.6) is 5.75 Å². The zero-order chi connectivity index (χ0) is 24.7. The normalized spacial score (nSPS) is 10.8. The van der Waals surface area contributed by atoms with Crippen LogP contribution in [0.2, 0.25) is 0 Å². The van der Waals surface area contributed by atoms with E-state index in [2.05, 4.69) is 31.8 Å². The summed E-state index contributed by atoms with van der Waals surface area (Å²) in [6, 6.07) is 19.2. The summed E-state index contributed by atoms with van der Waals surface area (Å²) in [5, 5.41) is 6.33. The van der Waals surface area contributed by atoms with E-state index in [0.717, 1.165) is 0 Å². The molecular weight excluding hydrogens is 504 g/mol. The summed E-state index contributed by atoms with van der Waals surface area (Å²) >= 11 is 3.32. The second kappa shape index (κ2) is 11.0. The highest BCUT2D eigenvalue weighted by atomic mass is 79.9. The maximum atomic E-state index is 12.6. The number of halogens is 1. The van der Waals surface area contributed by atoms with Crippen molar-refractivity contribution in [3.05, 3.63) is 94.0 Å². The molecule has 0 atom stereocenters. The Morgan fingerprint density at radius 3 is 2.12 bits per heavy atom. The average molecular weight is 523 g/mol. The number of hydrogen-bond acceptors (Lipinski definition) is 6. The van der Waals surface area contributed by atoms with Gasteiger partial charge in [0.25, 0.3) is 0 Å². The molecule has 0 spiro atoms. The molecule has 0 bridgehead atoms. The van der Waals surface area contributed by atoms with Crippen molar-refractivity contribution in [2.45, 2.75) is 6.92 Å². The van der Waals surface area contributed by atoms with Crippen LogP contribution in [0, 0.1) is 0 Å². The zero-order valence-corrected chi connectivity index (χ0v) is 19.5. The van der Waals surface area contributed by atoms with E-state index >= 15 is 0 Å². The highest BCUT2D eigenvalue weighted by molar-refractivity contribution is 9.10. The summed E-state index contributed by atoms with van der Waals surface area (Å²) in [6.45, 7) is 1.59. The predicted molar refractivity (Wildman–Crippen MR) is 129 cm³/mol. The summed E-state index contributed by atoms with van der Waals surface area (Å²) < 4.78 is 6.11. The molecule has 3 aromatic carbocycles. The highest BCUT2D eigenvalue weighted by Gasteiger charge is 2.17. The van der Waals surface area contributed by atoms with Crippen LogP contribution in [0.15, 0.2) is 82.4 Å². The van der Waals surface area contributed by atoms with Gasteiger partial charge in [0, 0.05) is 21.3 Å². The van der Waals surface area contributed by atoms with Crippen molar-refractivity contribution >= 4 is 51.0 Å². The summed E-state index contributed by atoms with van der Waals surface area (Å²) in [4.78, 5) is 47.9. The maximum Gasteiger partial charge on any atom is 0.344 e. The second-order valence-electron chi connectivity index (χ2n) is 6.90. The van der Waals surface area contributed by atoms with Crippen LogP contribution in [-0.4, -0.2) is 29.4 Å². The molecule has 0 fully saturated rings. The first kappa shape index (κ1) is 24.3. The highest BCUT2D eigenvalue weighted by Crippen LogP contribution is 2.23. The molecule has 3 aromatic rings. The number of carbonyl (C=O) groups is 4. The van der Waals surface area contributed by atoms with Crippen molar-refractivity contribution in [1.82, 2.24) is 5.43 Å². The Labute approximate surface area is 203 Å². The Morgan fingerprint density at radius 2 is 1.47 bits per heavy atom. The molecule has 0 aliphatic carbocycles. The molecule has 10 heteroatoms. The molecule has 3 rings (SSSR count). The minimum atomic E-state index is -1.01. The average Bonchev–Trinajstić information content (AvgIpc) is 2.83. The number of carbonyl (C=O) groups excluding carboxylic acids is 4. The molecule has 4 N–H and O–H groups in total. The van der Waals surface area contributed by atoms with Crippen LogP contribution in [0.1, 0.15) is 33.2 Å². The van der Waals surface area contributed by atoms with Crippen molar-refractivity contribution in [3.63, 3.8) is 0 Å². The monoisotopic (exact) mass is 522 g/mol. The van der Waals surface area contributed by atoms with Gasteiger partial charge in [-0.3, -0.25) is 14.4 Å². The Bertz CT molecular complexity index is 1290. The van der Waals surface area contributed by atoms with Gasteiger partial charge in [0.15, 0.2) is 0 Å². The summed E-state index contributed by atoms with van der Waals surface area (Å²) in [5.74, 6) is -2.92. The molecule has 0 saturated carbocycles. The lowest BCUT2D eigenvalue weighted by molar-refractivity contribution is -0.136. The predicted octanol–water partition coefficient (Wildman–Crippen LogP) is 3.25. The minimum Gasteiger partial charge on any atom is -0.422 e. The van der Waals surface area contributed by atoms with Gasteiger partial charge in [-0.2, -0.15) is 5.10 Å². The van der Waals surface area contributed by atoms with Crippen LogP contribution >= 0.6 is 15.9 Å². The molecule has 34 heavy (non-hydrogen) atoms. The van der Waals surface area contributed by atoms with Crippen LogP contribution in [0.25, 0.3) is 0 Å². The fourth-order valence-electron chi connectivity index (χ4n) is 2.79. The third kappa shape index (κ3) is 6.14. The van der Waals surface area contributed by atoms with Crippen molar-refractivity contribution in [2.24, 2.45) is 10.8 Å². The number of hydrogen-bond donors (Lipinski definition) is 3. The topological polar surface area (TPSA) is 140 Å². The number of esters is 1. The van der Waals surface area contributed by atoms with E-state index in [1.807, 2.05) is 0 Å². The molecule has 9 nitrogen and oxygen atoms in total. The van der Waals surface area contributed by atoms with Crippen molar-refractivity contribution < 1.29 is 23.9 Å². The first-order chi connectivity index (χ1) is 16.3. The molecule has 0 aliphatic rings. The van der Waals surface area contributed by atoms with E-state index in [0.29, 0.717) is 27.0 Å². The maximum absolute atomic E-state index is 12.6. The Balaban J connectivity index is 1.67. The Hall–Kier alpha value is -4.31. The molecule has 0 radical (unpaired) electrons. The fraction of sp³-hybridized carbons (Fsp3) is 0.0417. The number of nitrogens with one attached hydrogen (secondary N) is 2. The standard InChI is InChI=1S/C24H19BrN4O5/c1-14(28-29-23(32)22(31)27-16-12-10-15(11-13-16)21(26)30)17-6-3-5-9-20(17)34-24(33)18-7-2-4-8-19(18)25/h2-13H,1H3,(H2,26,30)(H,27,31)(H,29,32)/b28-14+. The van der Waals surface area contributed by atoms with E-state index in [9.17, 15) is 19.2 Å². The smallest absolute Gasteiger partial charge is 0.344 e. The van der Waals surface area contributed by atoms with Gasteiger partial charge >= 0.3 is 17.8 Å². The molecular formula is C24H19BrN4O5. The number of benzene rings is 3. The fourth-order valence-corrected chi connectivity index (χ4v) is 3.23. The lowest BCUT2D eigenvalue weighted by Gasteiger charge is -2.11. The van der Waals surface area contributed by atoms with E-state index < -0.39 is 23.7 Å². The summed E-state index contributed by atoms with van der Waals surface area (Å²) in [7, 11) is 0. The van der Waals surface area contributed by atoms with Crippen LogP contribution in [0.3, 0.4) is 0 Å². The quantitative estimate of drug-likeness (QED) is 0.150. The number of primary amides is 1. The number of amides is 3. The number of ether oxygens (including phenoxy) is 1.